The molecule has 9 rings (SSSR count). The highest BCUT2D eigenvalue weighted by Crippen LogP contribution is 2.28. The van der Waals surface area contributed by atoms with Gasteiger partial charge in [-0.3, -0.25) is 86.9 Å². The van der Waals surface area contributed by atoms with Crippen LogP contribution in [0.2, 0.25) is 0 Å². The van der Waals surface area contributed by atoms with Crippen molar-refractivity contribution >= 4 is 140 Å². The minimum atomic E-state index is -1.90. The Kier molecular flexibility index (Phi) is 39.8. The van der Waals surface area contributed by atoms with Crippen molar-refractivity contribution in [1.82, 2.24) is 103 Å². The number of likely N-dealkylation sites (N-methyl/N-ethyl adjacent to an activating group) is 3. The van der Waals surface area contributed by atoms with Crippen molar-refractivity contribution < 1.29 is 96.8 Å². The van der Waals surface area contributed by atoms with Gasteiger partial charge in [0.2, 0.25) is 100 Å². The molecule has 136 heavy (non-hydrogen) atoms. The average molecular weight is 1910 g/mol. The lowest BCUT2D eigenvalue weighted by molar-refractivity contribution is -0.149. The van der Waals surface area contributed by atoms with E-state index in [1.165, 1.54) is 64.9 Å². The minimum absolute atomic E-state index is 0.0168. The normalized spacial score (nSPS) is 24.6. The van der Waals surface area contributed by atoms with E-state index in [4.69, 9.17) is 28.3 Å². The first-order valence-corrected chi connectivity index (χ1v) is 46.6. The number of hydrogen-bond donors (Lipinski definition) is 22. The van der Waals surface area contributed by atoms with Crippen LogP contribution in [0, 0.1) is 5.41 Å². The van der Waals surface area contributed by atoms with Gasteiger partial charge in [-0.25, -0.2) is 4.98 Å². The van der Waals surface area contributed by atoms with Crippen molar-refractivity contribution in [2.45, 2.75) is 227 Å². The number of unbranched alkanes of at least 4 members (excludes halogenated alkanes) is 2. The molecule has 0 saturated carbocycles. The first-order valence-electron chi connectivity index (χ1n) is 45.4. The van der Waals surface area contributed by atoms with E-state index in [-0.39, 0.29) is 102 Å². The molecular formula is C90H127N25O20S. The quantitative estimate of drug-likeness (QED) is 0.0132. The third-order valence-electron chi connectivity index (χ3n) is 24.3. The van der Waals surface area contributed by atoms with Crippen LogP contribution in [0.25, 0.3) is 21.8 Å². The molecule has 0 bridgehead atoms. The number of fused-ring (bicyclic) bond motifs is 4. The van der Waals surface area contributed by atoms with Crippen LogP contribution < -0.4 is 81.4 Å². The molecule has 3 aromatic heterocycles. The van der Waals surface area contributed by atoms with Gasteiger partial charge in [0.1, 0.15) is 90.3 Å². The van der Waals surface area contributed by atoms with Crippen molar-refractivity contribution in [1.29, 1.82) is 5.41 Å². The third-order valence-corrected chi connectivity index (χ3v) is 25.3. The number of nitrogens with zero attached hydrogens (tertiary/aromatic N) is 6. The van der Waals surface area contributed by atoms with Crippen LogP contribution in [0.15, 0.2) is 97.7 Å². The number of guanidine groups is 1. The van der Waals surface area contributed by atoms with E-state index < -0.39 is 241 Å². The Morgan fingerprint density at radius 2 is 1.07 bits per heavy atom. The summed E-state index contributed by atoms with van der Waals surface area (Å²) in [6, 6.07) is -2.50. The Morgan fingerprint density at radius 3 is 1.68 bits per heavy atom. The predicted molar refractivity (Wildman–Crippen MR) is 499 cm³/mol. The number of H-pyrrole nitrogens is 3. The highest BCUT2D eigenvalue weighted by molar-refractivity contribution is 8.00. The molecule has 3 aliphatic heterocycles. The van der Waals surface area contributed by atoms with Crippen LogP contribution >= 0.6 is 11.8 Å². The van der Waals surface area contributed by atoms with Gasteiger partial charge in [0, 0.05) is 125 Å². The summed E-state index contributed by atoms with van der Waals surface area (Å²) < 4.78 is 0. The van der Waals surface area contributed by atoms with Crippen molar-refractivity contribution in [2.24, 2.45) is 22.9 Å². The number of nitrogens with two attached hydrogens (primary N) is 4. The van der Waals surface area contributed by atoms with Gasteiger partial charge in [-0.1, -0.05) is 88.1 Å². The molecule has 46 heteroatoms. The summed E-state index contributed by atoms with van der Waals surface area (Å²) in [4.78, 5) is 269. The van der Waals surface area contributed by atoms with E-state index in [0.717, 1.165) is 36.3 Å². The zero-order valence-corrected chi connectivity index (χ0v) is 77.8. The van der Waals surface area contributed by atoms with Gasteiger partial charge >= 0.3 is 0 Å². The fourth-order valence-corrected chi connectivity index (χ4v) is 17.5. The molecule has 45 nitrogen and oxygen atoms in total. The lowest BCUT2D eigenvalue weighted by Gasteiger charge is -2.36. The number of amides is 17. The lowest BCUT2D eigenvalue weighted by Crippen LogP contribution is -2.62. The third kappa shape index (κ3) is 29.4. The number of aromatic nitrogens is 4. The van der Waals surface area contributed by atoms with Gasteiger partial charge in [-0.05, 0) is 106 Å². The minimum Gasteiger partial charge on any atom is -0.508 e. The number of imidazole rings is 1. The van der Waals surface area contributed by atoms with Gasteiger partial charge in [0.25, 0.3) is 0 Å². The topological polar surface area (TPSA) is 688 Å². The highest BCUT2D eigenvalue weighted by atomic mass is 32.2. The average Bonchev–Trinajstić information content (AvgIpc) is 1.76. The van der Waals surface area contributed by atoms with Crippen LogP contribution in [0.4, 0.5) is 0 Å². The number of aromatic amines is 3. The Hall–Kier alpha value is -13.8. The summed E-state index contributed by atoms with van der Waals surface area (Å²) in [5.41, 5.74) is 25.7. The largest absolute Gasteiger partial charge is 0.508 e. The van der Waals surface area contributed by atoms with E-state index in [9.17, 15) is 58.5 Å². The zero-order chi connectivity index (χ0) is 99.1. The molecule has 738 valence electrons. The fraction of sp³-hybridized carbons (Fsp3) is 0.522. The van der Waals surface area contributed by atoms with Crippen LogP contribution in [-0.2, 0) is 107 Å². The summed E-state index contributed by atoms with van der Waals surface area (Å²) >= 11 is 0.757. The molecule has 6 heterocycles. The highest BCUT2D eigenvalue weighted by Gasteiger charge is 2.47. The van der Waals surface area contributed by atoms with Crippen LogP contribution in [0.1, 0.15) is 133 Å². The van der Waals surface area contributed by atoms with Gasteiger partial charge in [-0.2, -0.15) is 0 Å². The van der Waals surface area contributed by atoms with E-state index in [1.807, 2.05) is 13.8 Å². The number of phenolic OH excluding ortho intramolecular Hbond substituents is 1. The molecule has 0 aliphatic carbocycles. The molecule has 3 fully saturated rings. The molecule has 3 aromatic carbocycles. The van der Waals surface area contributed by atoms with Crippen LogP contribution in [-0.4, -0.2) is 329 Å². The first kappa shape index (κ1) is 106. The summed E-state index contributed by atoms with van der Waals surface area (Å²) in [5.74, 6) is -17.9. The second-order valence-electron chi connectivity index (χ2n) is 34.3. The van der Waals surface area contributed by atoms with Crippen LogP contribution in [0.5, 0.6) is 5.75 Å². The number of phenols is 1. The number of thioether (sulfide) groups is 1. The molecule has 3 aliphatic rings. The monoisotopic (exact) mass is 1910 g/mol. The number of hydrogen-bond acceptors (Lipinski definition) is 24. The summed E-state index contributed by atoms with van der Waals surface area (Å²) in [7, 11) is 3.89. The summed E-state index contributed by atoms with van der Waals surface area (Å²) in [6.07, 6.45) is 3.46. The zero-order valence-electron chi connectivity index (χ0n) is 77.0. The van der Waals surface area contributed by atoms with Crippen LogP contribution in [0.3, 0.4) is 0 Å². The molecule has 0 unspecified atom stereocenters. The van der Waals surface area contributed by atoms with E-state index in [0.29, 0.717) is 69.9 Å². The van der Waals surface area contributed by atoms with Gasteiger partial charge < -0.3 is 136 Å². The molecule has 15 atom stereocenters. The number of aliphatic hydroxyl groups is 2. The Labute approximate surface area is 789 Å². The molecule has 0 radical (unpaired) electrons. The van der Waals surface area contributed by atoms with E-state index in [1.54, 1.807) is 60.9 Å². The fourth-order valence-electron chi connectivity index (χ4n) is 16.7. The molecule has 3 saturated heterocycles. The number of rotatable bonds is 27. The number of carbonyl (C=O) groups is 17. The predicted octanol–water partition coefficient (Wildman–Crippen LogP) is -4.24. The molecular weight excluding hydrogens is 1780 g/mol. The number of aromatic hydroxyl groups is 1. The number of carbonyl (C=O) groups excluding carboxylic acids is 17. The van der Waals surface area contributed by atoms with Crippen molar-refractivity contribution in [3.05, 3.63) is 120 Å². The maximum atomic E-state index is 15.8. The molecule has 26 N–H and O–H groups in total. The standard InChI is InChI=1S/C90H127N25O20S/c1-7-9-24-69-82(128)103-60(23-16-32-97-90(94)95)78(124)110-68(77(123)100-43-74(93)120)46-136-47-75(121)102-64(34-50-27-29-54(117)30-28-50)85(131)111(4)49(3)76(122)107-66(39-73(92)119)88(134)114-33-17-26-70(114)83(129)106-63(37-53-42-96-48-101-53)80(126)104-61(22-15-31-91)87(133)115-44-55(118)38-72(115)84(130)105-62(35-51-40-98-58-20-13-11-18-56(51)58)79(125)109-67(45-116)81(127)108-65(36-52-41-99-59-21-14-12-19-57(52)59)86(132)113(6)71(25-10-8-2)89(135)112(69)5/h11-14,18-21,27-30,40-42,48-49,55,60-72,98-99,116-118H,7-10,15-17,22-26,31-39,43-47,91H2,1-6H3,(H2,92,119)(H2,93,120)(H,96,101)(H,100,123)(H,102,121)(H,103,128)(H,104,126)(H,105,130)(H,106,129)(H,107,122)(H,108,127)(H,109,125)(H,110,124)(H4,94,95,97)/t49-,55+,60-,61-,62-,63-,64-,65-,66-,67-,68-,69-,70-,71-,72-/m0/s1. The van der Waals surface area contributed by atoms with Gasteiger partial charge in [0.15, 0.2) is 5.96 Å². The van der Waals surface area contributed by atoms with Crippen molar-refractivity contribution in [2.75, 3.05) is 72.0 Å². The Bertz CT molecular complexity index is 5230. The second-order valence-corrected chi connectivity index (χ2v) is 35.3. The smallest absolute Gasteiger partial charge is 0.246 e. The molecule has 0 spiro atoms. The maximum absolute atomic E-state index is 15.8. The number of para-hydroxylation sites is 2. The lowest BCUT2D eigenvalue weighted by atomic mass is 10.00. The molecule has 17 amide bonds. The summed E-state index contributed by atoms with van der Waals surface area (Å²) in [6.45, 7) is 2.43. The second kappa shape index (κ2) is 51.1. The Morgan fingerprint density at radius 1 is 0.537 bits per heavy atom. The Balaban J connectivity index is 1.10. The van der Waals surface area contributed by atoms with Gasteiger partial charge in [0.05, 0.1) is 37.8 Å². The number of primary amides is 2. The van der Waals surface area contributed by atoms with Crippen molar-refractivity contribution in [3.8, 4) is 5.75 Å². The number of aliphatic hydroxyl groups excluding tert-OH is 2. The first-order chi connectivity index (χ1) is 64.9. The SMILES string of the molecule is CCCC[C@H]1C(=O)N(C)[C@@H](CCCC)C(=O)N[C@@H](CCCNC(=N)N)C(=O)N[C@H](C(=O)NCC(N)=O)CSCC(=O)N[C@@H](Cc2ccc(O)cc2)C(=O)N(C)[C@@H](C)C(=O)N[C@@H](CC(N)=O)C(=O)N2CCC[C@H]2C(=O)N[C@@H](Cc2cnc[nH]2)C(=O)N[C@@H](CCCN)C(=O)N2C[C@H](O)C[C@H]2C(=O)N[C@@H](Cc2c[nH]c3ccccc23)C(=O)N[C@@H](CO)C(=O)N[C@@H](Cc2c[nH]c3ccccc23)C(=O)N1C. The number of benzene rings is 3. The molecule has 6 aromatic rings. The van der Waals surface area contributed by atoms with Crippen molar-refractivity contribution in [3.63, 3.8) is 0 Å². The number of nitrogens with one attached hydrogen (secondary N) is 15. The van der Waals surface area contributed by atoms with Gasteiger partial charge in [-0.15, -0.1) is 11.8 Å². The summed E-state index contributed by atoms with van der Waals surface area (Å²) in [5, 5.41) is 70.9. The van der Waals surface area contributed by atoms with E-state index in [2.05, 4.69) is 78.4 Å². The van der Waals surface area contributed by atoms with E-state index >= 15 is 38.4 Å². The maximum Gasteiger partial charge on any atom is 0.246 e.